The first-order valence-corrected chi connectivity index (χ1v) is 5.67. The summed E-state index contributed by atoms with van der Waals surface area (Å²) in [5.74, 6) is -1.14. The zero-order chi connectivity index (χ0) is 12.5. The van der Waals surface area contributed by atoms with Crippen molar-refractivity contribution in [2.24, 2.45) is 0 Å². The molecule has 88 valence electrons. The molecule has 0 radical (unpaired) electrons. The summed E-state index contributed by atoms with van der Waals surface area (Å²) in [6.45, 7) is 0. The molecule has 0 aliphatic heterocycles. The molecule has 4 heteroatoms. The summed E-state index contributed by atoms with van der Waals surface area (Å²) in [6.07, 6.45) is 0. The van der Waals surface area contributed by atoms with E-state index < -0.39 is 16.0 Å². The van der Waals surface area contributed by atoms with E-state index in [-0.39, 0.29) is 11.1 Å². The zero-order valence-electron chi connectivity index (χ0n) is 8.63. The van der Waals surface area contributed by atoms with Crippen LogP contribution in [0.4, 0.5) is 8.78 Å². The maximum Gasteiger partial charge on any atom is 0.173 e. The summed E-state index contributed by atoms with van der Waals surface area (Å²) in [7, 11) is 0. The molecule has 0 amide bonds. The predicted molar refractivity (Wildman–Crippen MR) is 65.3 cm³/mol. The van der Waals surface area contributed by atoms with Gasteiger partial charge >= 0.3 is 0 Å². The fraction of sp³-hybridized carbons (Fsp3) is 0.0769. The lowest BCUT2D eigenvalue weighted by Gasteiger charge is -2.21. The number of rotatable bonds is 2. The molecule has 0 unspecified atom stereocenters. The van der Waals surface area contributed by atoms with Crippen LogP contribution in [0.1, 0.15) is 11.1 Å². The quantitative estimate of drug-likeness (QED) is 0.699. The van der Waals surface area contributed by atoms with Crippen LogP contribution in [0.15, 0.2) is 48.5 Å². The predicted octanol–water partition coefficient (Wildman–Crippen LogP) is 4.64. The van der Waals surface area contributed by atoms with E-state index in [1.54, 1.807) is 12.1 Å². The first-order valence-electron chi connectivity index (χ1n) is 4.91. The molecule has 0 saturated carbocycles. The van der Waals surface area contributed by atoms with E-state index in [1.165, 1.54) is 36.4 Å². The molecule has 0 nitrogen and oxygen atoms in total. The van der Waals surface area contributed by atoms with Crippen molar-refractivity contribution in [3.05, 3.63) is 71.3 Å². The summed E-state index contributed by atoms with van der Waals surface area (Å²) in [4.78, 5) is 0. The van der Waals surface area contributed by atoms with Gasteiger partial charge in [-0.1, -0.05) is 59.6 Å². The number of alkyl halides is 2. The Bertz CT molecular complexity index is 491. The van der Waals surface area contributed by atoms with Gasteiger partial charge in [-0.2, -0.15) is 0 Å². The van der Waals surface area contributed by atoms with E-state index in [0.29, 0.717) is 0 Å². The highest BCUT2D eigenvalue weighted by Gasteiger charge is 2.34. The van der Waals surface area contributed by atoms with E-state index in [1.807, 2.05) is 0 Å². The number of benzene rings is 2. The van der Waals surface area contributed by atoms with Gasteiger partial charge in [-0.15, -0.1) is 0 Å². The van der Waals surface area contributed by atoms with Gasteiger partial charge in [0.05, 0.1) is 0 Å². The van der Waals surface area contributed by atoms with Crippen molar-refractivity contribution in [2.75, 3.05) is 0 Å². The second-order valence-corrected chi connectivity index (χ2v) is 4.86. The molecule has 0 aromatic heterocycles. The van der Waals surface area contributed by atoms with Crippen LogP contribution in [0.2, 0.25) is 0 Å². The van der Waals surface area contributed by atoms with E-state index in [0.717, 1.165) is 0 Å². The highest BCUT2D eigenvalue weighted by molar-refractivity contribution is 6.50. The Morgan fingerprint density at radius 1 is 0.706 bits per heavy atom. The molecule has 0 aliphatic rings. The molecular formula is C13H8Cl2F2. The van der Waals surface area contributed by atoms with Crippen LogP contribution >= 0.6 is 23.2 Å². The topological polar surface area (TPSA) is 0 Å². The monoisotopic (exact) mass is 272 g/mol. The van der Waals surface area contributed by atoms with Gasteiger partial charge < -0.3 is 0 Å². The van der Waals surface area contributed by atoms with Gasteiger partial charge in [0, 0.05) is 11.1 Å². The fourth-order valence-corrected chi connectivity index (χ4v) is 2.19. The summed E-state index contributed by atoms with van der Waals surface area (Å²) in [5.41, 5.74) is 0.0712. The Morgan fingerprint density at radius 3 is 1.41 bits per heavy atom. The van der Waals surface area contributed by atoms with E-state index in [2.05, 4.69) is 0 Å². The van der Waals surface area contributed by atoms with Gasteiger partial charge in [0.15, 0.2) is 4.33 Å². The zero-order valence-corrected chi connectivity index (χ0v) is 10.1. The first kappa shape index (κ1) is 12.3. The average Bonchev–Trinajstić information content (AvgIpc) is 2.29. The number of halogens is 4. The maximum absolute atomic E-state index is 13.6. The van der Waals surface area contributed by atoms with E-state index in [4.69, 9.17) is 23.2 Å². The molecule has 0 saturated heterocycles. The van der Waals surface area contributed by atoms with E-state index >= 15 is 0 Å². The highest BCUT2D eigenvalue weighted by atomic mass is 35.5. The third-order valence-electron chi connectivity index (χ3n) is 2.42. The highest BCUT2D eigenvalue weighted by Crippen LogP contribution is 2.42. The van der Waals surface area contributed by atoms with Crippen molar-refractivity contribution in [2.45, 2.75) is 4.33 Å². The van der Waals surface area contributed by atoms with Crippen molar-refractivity contribution in [1.82, 2.24) is 0 Å². The van der Waals surface area contributed by atoms with Gasteiger partial charge in [0.2, 0.25) is 0 Å². The van der Waals surface area contributed by atoms with Crippen LogP contribution in [-0.4, -0.2) is 0 Å². The minimum absolute atomic E-state index is 0.0356. The second kappa shape index (κ2) is 4.63. The summed E-state index contributed by atoms with van der Waals surface area (Å²) in [6, 6.07) is 11.6. The van der Waals surface area contributed by atoms with Crippen molar-refractivity contribution in [3.8, 4) is 0 Å². The van der Waals surface area contributed by atoms with Crippen molar-refractivity contribution in [1.29, 1.82) is 0 Å². The van der Waals surface area contributed by atoms with Crippen molar-refractivity contribution >= 4 is 23.2 Å². The number of hydrogen-bond donors (Lipinski definition) is 0. The lowest BCUT2D eigenvalue weighted by atomic mass is 10.0. The van der Waals surface area contributed by atoms with Gasteiger partial charge in [-0.25, -0.2) is 8.78 Å². The fourth-order valence-electron chi connectivity index (χ4n) is 1.58. The Kier molecular flexibility index (Phi) is 3.36. The first-order chi connectivity index (χ1) is 8.03. The Morgan fingerprint density at radius 2 is 1.06 bits per heavy atom. The molecule has 2 rings (SSSR count). The molecule has 0 N–H and O–H groups in total. The lowest BCUT2D eigenvalue weighted by Crippen LogP contribution is -2.16. The van der Waals surface area contributed by atoms with Crippen molar-refractivity contribution in [3.63, 3.8) is 0 Å². The standard InChI is InChI=1S/C13H8Cl2F2/c14-13(15,9-5-1-3-7-11(9)16)10-6-2-4-8-12(10)17/h1-8H. The van der Waals surface area contributed by atoms with Crippen LogP contribution < -0.4 is 0 Å². The maximum atomic E-state index is 13.6. The molecule has 2 aromatic carbocycles. The second-order valence-electron chi connectivity index (χ2n) is 3.53. The average molecular weight is 273 g/mol. The Balaban J connectivity index is 2.58. The van der Waals surface area contributed by atoms with Gasteiger partial charge in [0.25, 0.3) is 0 Å². The summed E-state index contributed by atoms with van der Waals surface area (Å²) in [5, 5.41) is 0. The Labute approximate surface area is 108 Å². The largest absolute Gasteiger partial charge is 0.207 e. The Hall–Kier alpha value is -1.12. The normalized spacial score (nSPS) is 11.5. The lowest BCUT2D eigenvalue weighted by molar-refractivity contribution is 0.588. The molecule has 0 heterocycles. The molecule has 0 bridgehead atoms. The molecule has 0 fully saturated rings. The summed E-state index contributed by atoms with van der Waals surface area (Å²) >= 11 is 12.2. The summed E-state index contributed by atoms with van der Waals surface area (Å²) < 4.78 is 25.5. The molecule has 0 spiro atoms. The number of hydrogen-bond acceptors (Lipinski definition) is 0. The molecule has 0 atom stereocenters. The SMILES string of the molecule is Fc1ccccc1C(Cl)(Cl)c1ccccc1F. The minimum atomic E-state index is -1.74. The smallest absolute Gasteiger partial charge is 0.173 e. The van der Waals surface area contributed by atoms with Crippen LogP contribution in [0.3, 0.4) is 0 Å². The van der Waals surface area contributed by atoms with Crippen molar-refractivity contribution < 1.29 is 8.78 Å². The van der Waals surface area contributed by atoms with Gasteiger partial charge in [-0.05, 0) is 12.1 Å². The van der Waals surface area contributed by atoms with Crippen LogP contribution in [0.5, 0.6) is 0 Å². The van der Waals surface area contributed by atoms with Crippen LogP contribution in [-0.2, 0) is 4.33 Å². The molecule has 0 aliphatic carbocycles. The van der Waals surface area contributed by atoms with Crippen LogP contribution in [0.25, 0.3) is 0 Å². The molecule has 2 aromatic rings. The third kappa shape index (κ3) is 2.28. The minimum Gasteiger partial charge on any atom is -0.207 e. The third-order valence-corrected chi connectivity index (χ3v) is 3.24. The van der Waals surface area contributed by atoms with Gasteiger partial charge in [0.1, 0.15) is 11.6 Å². The molecular weight excluding hydrogens is 265 g/mol. The van der Waals surface area contributed by atoms with Crippen LogP contribution in [0, 0.1) is 11.6 Å². The van der Waals surface area contributed by atoms with Gasteiger partial charge in [-0.3, -0.25) is 0 Å². The van der Waals surface area contributed by atoms with E-state index in [9.17, 15) is 8.78 Å². The molecule has 17 heavy (non-hydrogen) atoms.